The van der Waals surface area contributed by atoms with Crippen LogP contribution in [0.25, 0.3) is 11.0 Å². The van der Waals surface area contributed by atoms with E-state index in [1.807, 2.05) is 30.3 Å². The maximum absolute atomic E-state index is 12.6. The molecule has 31 heavy (non-hydrogen) atoms. The molecule has 0 radical (unpaired) electrons. The fourth-order valence-corrected chi connectivity index (χ4v) is 4.11. The van der Waals surface area contributed by atoms with Crippen molar-refractivity contribution in [1.29, 1.82) is 0 Å². The lowest BCUT2D eigenvalue weighted by Gasteiger charge is -2.31. The van der Waals surface area contributed by atoms with Crippen LogP contribution in [-0.2, 0) is 16.1 Å². The highest BCUT2D eigenvalue weighted by molar-refractivity contribution is 9.10. The van der Waals surface area contributed by atoms with Gasteiger partial charge in [-0.2, -0.15) is 0 Å². The van der Waals surface area contributed by atoms with Gasteiger partial charge in [0.25, 0.3) is 0 Å². The van der Waals surface area contributed by atoms with Gasteiger partial charge in [0.1, 0.15) is 11.4 Å². The van der Waals surface area contributed by atoms with Crippen molar-refractivity contribution in [3.05, 3.63) is 58.4 Å². The molecule has 0 aliphatic carbocycles. The molecular weight excluding hydrogens is 462 g/mol. The number of piperidine rings is 1. The molecule has 1 aliphatic heterocycles. The lowest BCUT2D eigenvalue weighted by molar-refractivity contribution is -0.121. The lowest BCUT2D eigenvalue weighted by atomic mass is 9.95. The van der Waals surface area contributed by atoms with Crippen LogP contribution in [0, 0.1) is 5.92 Å². The van der Waals surface area contributed by atoms with Crippen molar-refractivity contribution < 1.29 is 18.7 Å². The number of nitrogens with zero attached hydrogens (tertiary/aromatic N) is 2. The van der Waals surface area contributed by atoms with Gasteiger partial charge in [-0.05, 0) is 67.0 Å². The summed E-state index contributed by atoms with van der Waals surface area (Å²) < 4.78 is 11.9. The van der Waals surface area contributed by atoms with Gasteiger partial charge < -0.3 is 14.5 Å². The molecule has 0 saturated carbocycles. The summed E-state index contributed by atoms with van der Waals surface area (Å²) >= 11 is 3.34. The van der Waals surface area contributed by atoms with Crippen molar-refractivity contribution in [2.24, 2.45) is 5.92 Å². The average molecular weight is 486 g/mol. The Labute approximate surface area is 188 Å². The first-order valence-electron chi connectivity index (χ1n) is 10.4. The minimum atomic E-state index is -0.440. The first-order valence-corrected chi connectivity index (χ1v) is 11.2. The number of anilines is 1. The number of halogens is 1. The number of carbonyl (C=O) groups excluding carboxylic acids is 2. The number of furan rings is 1. The predicted octanol–water partition coefficient (Wildman–Crippen LogP) is 4.62. The largest absolute Gasteiger partial charge is 0.460 e. The average Bonchev–Trinajstić information content (AvgIpc) is 3.14. The number of aromatic nitrogens is 1. The van der Waals surface area contributed by atoms with Crippen LogP contribution in [0.3, 0.4) is 0 Å². The van der Waals surface area contributed by atoms with Crippen molar-refractivity contribution in [2.45, 2.75) is 26.3 Å². The fourth-order valence-electron chi connectivity index (χ4n) is 3.87. The molecule has 0 atom stereocenters. The zero-order valence-electron chi connectivity index (χ0n) is 17.3. The van der Waals surface area contributed by atoms with Crippen molar-refractivity contribution >= 4 is 44.6 Å². The Morgan fingerprint density at radius 1 is 1.23 bits per heavy atom. The predicted molar refractivity (Wildman–Crippen MR) is 121 cm³/mol. The summed E-state index contributed by atoms with van der Waals surface area (Å²) in [7, 11) is 0. The van der Waals surface area contributed by atoms with Gasteiger partial charge in [0.2, 0.25) is 11.7 Å². The van der Waals surface area contributed by atoms with E-state index in [0.29, 0.717) is 24.6 Å². The third kappa shape index (κ3) is 4.97. The number of carbonyl (C=O) groups is 2. The highest BCUT2D eigenvalue weighted by atomic mass is 79.9. The molecule has 1 saturated heterocycles. The Kier molecular flexibility index (Phi) is 6.67. The standard InChI is InChI=1S/C23H24BrN3O4/c1-2-30-23(29)21-18(17-5-3-4-6-19(17)31-21)14-27-11-9-15(10-12-27)22(28)26-20-8-7-16(24)13-25-20/h3-8,13,15H,2,9-12,14H2,1H3,(H,25,26,28). The number of hydrogen-bond donors (Lipinski definition) is 1. The number of rotatable bonds is 6. The first-order chi connectivity index (χ1) is 15.0. The number of likely N-dealkylation sites (tertiary alicyclic amines) is 1. The molecule has 162 valence electrons. The molecule has 1 aromatic carbocycles. The van der Waals surface area contributed by atoms with E-state index in [1.54, 1.807) is 19.2 Å². The van der Waals surface area contributed by atoms with Crippen LogP contribution in [-0.4, -0.2) is 41.5 Å². The Morgan fingerprint density at radius 3 is 2.71 bits per heavy atom. The van der Waals surface area contributed by atoms with Gasteiger partial charge in [-0.3, -0.25) is 9.69 Å². The molecule has 7 nitrogen and oxygen atoms in total. The summed E-state index contributed by atoms with van der Waals surface area (Å²) in [5.41, 5.74) is 1.52. The topological polar surface area (TPSA) is 84.7 Å². The van der Waals surface area contributed by atoms with Gasteiger partial charge in [0.05, 0.1) is 6.61 Å². The van der Waals surface area contributed by atoms with Crippen molar-refractivity contribution in [2.75, 3.05) is 25.0 Å². The Balaban J connectivity index is 1.41. The molecule has 0 unspecified atom stereocenters. The van der Waals surface area contributed by atoms with E-state index >= 15 is 0 Å². The SMILES string of the molecule is CCOC(=O)c1oc2ccccc2c1CN1CCC(C(=O)Nc2ccc(Br)cn2)CC1. The smallest absolute Gasteiger partial charge is 0.374 e. The fraction of sp³-hybridized carbons (Fsp3) is 0.348. The molecule has 4 rings (SSSR count). The number of esters is 1. The van der Waals surface area contributed by atoms with Gasteiger partial charge in [-0.1, -0.05) is 18.2 Å². The van der Waals surface area contributed by atoms with Crippen molar-refractivity contribution in [1.82, 2.24) is 9.88 Å². The maximum atomic E-state index is 12.6. The third-order valence-electron chi connectivity index (χ3n) is 5.48. The van der Waals surface area contributed by atoms with E-state index in [4.69, 9.17) is 9.15 Å². The first kappa shape index (κ1) is 21.5. The molecule has 3 heterocycles. The molecule has 2 aromatic heterocycles. The third-order valence-corrected chi connectivity index (χ3v) is 5.95. The molecule has 1 amide bonds. The van der Waals surface area contributed by atoms with Gasteiger partial charge >= 0.3 is 5.97 Å². The summed E-state index contributed by atoms with van der Waals surface area (Å²) in [6.07, 6.45) is 3.15. The number of hydrogen-bond acceptors (Lipinski definition) is 6. The van der Waals surface area contributed by atoms with Crippen LogP contribution in [0.15, 0.2) is 51.5 Å². The van der Waals surface area contributed by atoms with E-state index < -0.39 is 5.97 Å². The highest BCUT2D eigenvalue weighted by Crippen LogP contribution is 2.29. The van der Waals surface area contributed by atoms with E-state index in [1.165, 1.54) is 0 Å². The van der Waals surface area contributed by atoms with Gasteiger partial charge in [0.15, 0.2) is 0 Å². The summed E-state index contributed by atoms with van der Waals surface area (Å²) in [4.78, 5) is 31.5. The van der Waals surface area contributed by atoms with Crippen LogP contribution < -0.4 is 5.32 Å². The molecule has 1 fully saturated rings. The Bertz CT molecular complexity index is 1070. The zero-order chi connectivity index (χ0) is 21.8. The van der Waals surface area contributed by atoms with Crippen LogP contribution in [0.5, 0.6) is 0 Å². The van der Waals surface area contributed by atoms with E-state index in [0.717, 1.165) is 41.4 Å². The quantitative estimate of drug-likeness (QED) is 0.512. The summed E-state index contributed by atoms with van der Waals surface area (Å²) in [6, 6.07) is 11.3. The van der Waals surface area contributed by atoms with Gasteiger partial charge in [-0.15, -0.1) is 0 Å². The van der Waals surface area contributed by atoms with Crippen molar-refractivity contribution in [3.63, 3.8) is 0 Å². The molecule has 8 heteroatoms. The number of fused-ring (bicyclic) bond motifs is 1. The number of amides is 1. The van der Waals surface area contributed by atoms with Gasteiger partial charge in [0, 0.05) is 34.1 Å². The molecule has 0 bridgehead atoms. The Morgan fingerprint density at radius 2 is 2.00 bits per heavy atom. The maximum Gasteiger partial charge on any atom is 0.374 e. The number of ether oxygens (including phenoxy) is 1. The normalized spacial score (nSPS) is 15.2. The summed E-state index contributed by atoms with van der Waals surface area (Å²) in [6.45, 7) is 4.16. The number of benzene rings is 1. The summed E-state index contributed by atoms with van der Waals surface area (Å²) in [5.74, 6) is 0.316. The summed E-state index contributed by atoms with van der Waals surface area (Å²) in [5, 5.41) is 3.82. The number of pyridine rings is 1. The van der Waals surface area contributed by atoms with Crippen LogP contribution >= 0.6 is 15.9 Å². The Hall–Kier alpha value is -2.71. The zero-order valence-corrected chi connectivity index (χ0v) is 18.9. The van der Waals surface area contributed by atoms with E-state index in [2.05, 4.69) is 31.1 Å². The van der Waals surface area contributed by atoms with E-state index in [-0.39, 0.29) is 17.6 Å². The minimum Gasteiger partial charge on any atom is -0.460 e. The van der Waals surface area contributed by atoms with E-state index in [9.17, 15) is 9.59 Å². The number of nitrogens with one attached hydrogen (secondary N) is 1. The lowest BCUT2D eigenvalue weighted by Crippen LogP contribution is -2.38. The molecule has 1 N–H and O–H groups in total. The number of para-hydroxylation sites is 1. The molecule has 0 spiro atoms. The second-order valence-corrected chi connectivity index (χ2v) is 8.44. The second-order valence-electron chi connectivity index (χ2n) is 7.53. The van der Waals surface area contributed by atoms with Crippen LogP contribution in [0.1, 0.15) is 35.9 Å². The highest BCUT2D eigenvalue weighted by Gasteiger charge is 2.28. The van der Waals surface area contributed by atoms with Crippen molar-refractivity contribution in [3.8, 4) is 0 Å². The van der Waals surface area contributed by atoms with Crippen LogP contribution in [0.2, 0.25) is 0 Å². The minimum absolute atomic E-state index is 0.00422. The molecule has 3 aromatic rings. The monoisotopic (exact) mass is 485 g/mol. The van der Waals surface area contributed by atoms with Gasteiger partial charge in [-0.25, -0.2) is 9.78 Å². The van der Waals surface area contributed by atoms with Crippen LogP contribution in [0.4, 0.5) is 5.82 Å². The molecular formula is C23H24BrN3O4. The second kappa shape index (κ2) is 9.62. The molecule has 1 aliphatic rings.